The van der Waals surface area contributed by atoms with E-state index in [9.17, 15) is 5.11 Å². The molecule has 1 aliphatic rings. The topological polar surface area (TPSA) is 38.7 Å². The summed E-state index contributed by atoms with van der Waals surface area (Å²) in [7, 11) is -0.455. The highest BCUT2D eigenvalue weighted by molar-refractivity contribution is 6.64. The molecular formula is C17H21BO3. The van der Waals surface area contributed by atoms with Crippen LogP contribution in [0.15, 0.2) is 36.4 Å². The molecule has 2 atom stereocenters. The minimum Gasteiger partial charge on any atom is -0.508 e. The summed E-state index contributed by atoms with van der Waals surface area (Å²) in [6.07, 6.45) is 0.0971. The smallest absolute Gasteiger partial charge is 0.495 e. The largest absolute Gasteiger partial charge is 0.508 e. The zero-order valence-corrected chi connectivity index (χ0v) is 13.0. The SMILES string of the molecule is CC1OB(c2cc(O)cc3ccccc23)OC(C)(C)C1C. The lowest BCUT2D eigenvalue weighted by Crippen LogP contribution is -2.56. The van der Waals surface area contributed by atoms with E-state index in [0.717, 1.165) is 16.2 Å². The van der Waals surface area contributed by atoms with Gasteiger partial charge in [-0.2, -0.15) is 0 Å². The number of aromatic hydroxyl groups is 1. The van der Waals surface area contributed by atoms with Crippen LogP contribution in [0.25, 0.3) is 10.8 Å². The molecule has 2 aromatic rings. The van der Waals surface area contributed by atoms with Crippen molar-refractivity contribution in [3.05, 3.63) is 36.4 Å². The van der Waals surface area contributed by atoms with Crippen molar-refractivity contribution in [3.8, 4) is 5.75 Å². The van der Waals surface area contributed by atoms with Gasteiger partial charge < -0.3 is 14.4 Å². The second-order valence-corrected chi connectivity index (χ2v) is 6.44. The van der Waals surface area contributed by atoms with Crippen LogP contribution in [-0.2, 0) is 9.31 Å². The molecule has 4 heteroatoms. The van der Waals surface area contributed by atoms with Crippen molar-refractivity contribution in [2.45, 2.75) is 39.4 Å². The van der Waals surface area contributed by atoms with Crippen molar-refractivity contribution < 1.29 is 14.4 Å². The van der Waals surface area contributed by atoms with E-state index in [1.54, 1.807) is 12.1 Å². The molecule has 0 amide bonds. The maximum absolute atomic E-state index is 9.98. The first kappa shape index (κ1) is 14.4. The fourth-order valence-corrected chi connectivity index (χ4v) is 2.94. The standard InChI is InChI=1S/C17H21BO3/c1-11-12(2)20-18(21-17(11,3)4)16-10-14(19)9-13-7-5-6-8-15(13)16/h5-12,19H,1-4H3. The Bertz CT molecular complexity index is 668. The Morgan fingerprint density at radius 1 is 1.14 bits per heavy atom. The normalized spacial score (nSPS) is 25.2. The molecule has 0 saturated carbocycles. The van der Waals surface area contributed by atoms with E-state index in [2.05, 4.69) is 27.7 Å². The summed E-state index contributed by atoms with van der Waals surface area (Å²) in [5.41, 5.74) is 0.618. The van der Waals surface area contributed by atoms with E-state index in [4.69, 9.17) is 9.31 Å². The molecule has 1 aliphatic heterocycles. The number of hydrogen-bond acceptors (Lipinski definition) is 3. The van der Waals surface area contributed by atoms with Gasteiger partial charge in [-0.1, -0.05) is 31.2 Å². The van der Waals surface area contributed by atoms with E-state index in [-0.39, 0.29) is 17.5 Å². The third kappa shape index (κ3) is 2.54. The van der Waals surface area contributed by atoms with Gasteiger partial charge in [0.2, 0.25) is 0 Å². The van der Waals surface area contributed by atoms with Crippen LogP contribution in [0.2, 0.25) is 0 Å². The lowest BCUT2D eigenvalue weighted by molar-refractivity contribution is -0.0723. The number of benzene rings is 2. The van der Waals surface area contributed by atoms with Crippen LogP contribution in [0.5, 0.6) is 5.75 Å². The zero-order valence-electron chi connectivity index (χ0n) is 13.0. The minimum atomic E-state index is -0.455. The van der Waals surface area contributed by atoms with Crippen molar-refractivity contribution in [2.75, 3.05) is 0 Å². The van der Waals surface area contributed by atoms with Gasteiger partial charge in [-0.15, -0.1) is 0 Å². The summed E-state index contributed by atoms with van der Waals surface area (Å²) in [4.78, 5) is 0. The summed E-state index contributed by atoms with van der Waals surface area (Å²) < 4.78 is 12.2. The van der Waals surface area contributed by atoms with Crippen LogP contribution in [0, 0.1) is 5.92 Å². The van der Waals surface area contributed by atoms with Gasteiger partial charge in [0.25, 0.3) is 0 Å². The number of phenols is 1. The Balaban J connectivity index is 2.08. The lowest BCUT2D eigenvalue weighted by Gasteiger charge is -2.44. The summed E-state index contributed by atoms with van der Waals surface area (Å²) in [5.74, 6) is 0.539. The van der Waals surface area contributed by atoms with Gasteiger partial charge in [-0.3, -0.25) is 0 Å². The average Bonchev–Trinajstić information content (AvgIpc) is 2.43. The zero-order chi connectivity index (χ0) is 15.2. The molecule has 1 fully saturated rings. The fraction of sp³-hybridized carbons (Fsp3) is 0.412. The molecule has 3 nitrogen and oxygen atoms in total. The van der Waals surface area contributed by atoms with E-state index < -0.39 is 7.12 Å². The maximum Gasteiger partial charge on any atom is 0.495 e. The highest BCUT2D eigenvalue weighted by atomic mass is 16.6. The van der Waals surface area contributed by atoms with Crippen LogP contribution in [0.1, 0.15) is 27.7 Å². The Morgan fingerprint density at radius 2 is 1.86 bits per heavy atom. The highest BCUT2D eigenvalue weighted by Crippen LogP contribution is 2.32. The van der Waals surface area contributed by atoms with Crippen molar-refractivity contribution in [1.29, 1.82) is 0 Å². The molecule has 1 N–H and O–H groups in total. The van der Waals surface area contributed by atoms with E-state index >= 15 is 0 Å². The van der Waals surface area contributed by atoms with Gasteiger partial charge in [-0.25, -0.2) is 0 Å². The van der Waals surface area contributed by atoms with Crippen LogP contribution >= 0.6 is 0 Å². The second kappa shape index (κ2) is 5.04. The van der Waals surface area contributed by atoms with E-state index in [0.29, 0.717) is 5.92 Å². The minimum absolute atomic E-state index is 0.0971. The van der Waals surface area contributed by atoms with Gasteiger partial charge in [0.1, 0.15) is 5.75 Å². The third-order valence-corrected chi connectivity index (χ3v) is 4.68. The molecule has 0 radical (unpaired) electrons. The predicted octanol–water partition coefficient (Wildman–Crippen LogP) is 3.09. The van der Waals surface area contributed by atoms with Crippen LogP contribution < -0.4 is 5.46 Å². The second-order valence-electron chi connectivity index (χ2n) is 6.44. The van der Waals surface area contributed by atoms with Crippen molar-refractivity contribution in [2.24, 2.45) is 5.92 Å². The Kier molecular flexibility index (Phi) is 3.46. The molecule has 0 bridgehead atoms. The van der Waals surface area contributed by atoms with Crippen molar-refractivity contribution >= 4 is 23.4 Å². The first-order valence-electron chi connectivity index (χ1n) is 7.43. The van der Waals surface area contributed by atoms with Gasteiger partial charge in [0, 0.05) is 12.0 Å². The predicted molar refractivity (Wildman–Crippen MR) is 85.9 cm³/mol. The molecule has 0 aromatic heterocycles. The Hall–Kier alpha value is -1.52. The highest BCUT2D eigenvalue weighted by Gasteiger charge is 2.44. The number of fused-ring (bicyclic) bond motifs is 1. The molecule has 1 saturated heterocycles. The molecule has 110 valence electrons. The summed E-state index contributed by atoms with van der Waals surface area (Å²) in [6, 6.07) is 11.5. The Labute approximate surface area is 126 Å². The van der Waals surface area contributed by atoms with Crippen LogP contribution in [0.3, 0.4) is 0 Å². The lowest BCUT2D eigenvalue weighted by atomic mass is 9.70. The number of rotatable bonds is 1. The first-order valence-corrected chi connectivity index (χ1v) is 7.43. The molecule has 2 aromatic carbocycles. The monoisotopic (exact) mass is 284 g/mol. The molecule has 21 heavy (non-hydrogen) atoms. The molecule has 0 aliphatic carbocycles. The van der Waals surface area contributed by atoms with Crippen molar-refractivity contribution in [1.82, 2.24) is 0 Å². The Morgan fingerprint density at radius 3 is 2.57 bits per heavy atom. The molecule has 0 spiro atoms. The molecule has 3 rings (SSSR count). The summed E-state index contributed by atoms with van der Waals surface area (Å²) >= 11 is 0. The van der Waals surface area contributed by atoms with Crippen LogP contribution in [0.4, 0.5) is 0 Å². The van der Waals surface area contributed by atoms with E-state index in [1.807, 2.05) is 24.3 Å². The number of phenolic OH excluding ortho intramolecular Hbond substituents is 1. The maximum atomic E-state index is 9.98. The van der Waals surface area contributed by atoms with Gasteiger partial charge in [-0.05, 0) is 49.1 Å². The third-order valence-electron chi connectivity index (χ3n) is 4.68. The van der Waals surface area contributed by atoms with Gasteiger partial charge in [0.05, 0.1) is 5.60 Å². The summed E-state index contributed by atoms with van der Waals surface area (Å²) in [6.45, 7) is 8.40. The fourth-order valence-electron chi connectivity index (χ4n) is 2.94. The van der Waals surface area contributed by atoms with E-state index in [1.165, 1.54) is 0 Å². The molecular weight excluding hydrogens is 263 g/mol. The average molecular weight is 284 g/mol. The molecule has 1 heterocycles. The van der Waals surface area contributed by atoms with Gasteiger partial charge >= 0.3 is 7.12 Å². The van der Waals surface area contributed by atoms with Gasteiger partial charge in [0.15, 0.2) is 0 Å². The van der Waals surface area contributed by atoms with Crippen molar-refractivity contribution in [3.63, 3.8) is 0 Å². The van der Waals surface area contributed by atoms with Crippen LogP contribution in [-0.4, -0.2) is 23.9 Å². The number of hydrogen-bond donors (Lipinski definition) is 1. The first-order chi connectivity index (χ1) is 9.88. The summed E-state index contributed by atoms with van der Waals surface area (Å²) in [5, 5.41) is 12.0. The molecule has 2 unspecified atom stereocenters. The quantitative estimate of drug-likeness (QED) is 0.818.